The van der Waals surface area contributed by atoms with Crippen LogP contribution in [0.2, 0.25) is 0 Å². The Morgan fingerprint density at radius 1 is 1.30 bits per heavy atom. The smallest absolute Gasteiger partial charge is 0.253 e. The average Bonchev–Trinajstić information content (AvgIpc) is 2.48. The van der Waals surface area contributed by atoms with E-state index in [1.54, 1.807) is 24.9 Å². The molecule has 0 aliphatic carbocycles. The van der Waals surface area contributed by atoms with Gasteiger partial charge < -0.3 is 10.2 Å². The van der Waals surface area contributed by atoms with Crippen LogP contribution < -0.4 is 5.32 Å². The lowest BCUT2D eigenvalue weighted by Gasteiger charge is -2.31. The highest BCUT2D eigenvalue weighted by Crippen LogP contribution is 2.20. The zero-order valence-corrected chi connectivity index (χ0v) is 11.8. The molecule has 0 unspecified atom stereocenters. The van der Waals surface area contributed by atoms with E-state index in [9.17, 15) is 14.0 Å². The van der Waals surface area contributed by atoms with Crippen molar-refractivity contribution in [2.75, 3.05) is 20.1 Å². The first-order chi connectivity index (χ1) is 9.52. The fourth-order valence-electron chi connectivity index (χ4n) is 2.51. The number of hydrogen-bond donors (Lipinski definition) is 1. The summed E-state index contributed by atoms with van der Waals surface area (Å²) in [5, 5.41) is 2.64. The van der Waals surface area contributed by atoms with Crippen LogP contribution in [0, 0.1) is 18.7 Å². The van der Waals surface area contributed by atoms with E-state index in [1.165, 1.54) is 12.1 Å². The first kappa shape index (κ1) is 14.5. The van der Waals surface area contributed by atoms with Crippen molar-refractivity contribution in [3.05, 3.63) is 35.1 Å². The number of nitrogens with zero attached hydrogens (tertiary/aromatic N) is 1. The van der Waals surface area contributed by atoms with E-state index in [2.05, 4.69) is 5.32 Å². The Hall–Kier alpha value is -1.91. The van der Waals surface area contributed by atoms with E-state index < -0.39 is 0 Å². The maximum absolute atomic E-state index is 13.2. The molecule has 1 aliphatic heterocycles. The molecule has 0 atom stereocenters. The third kappa shape index (κ3) is 2.98. The van der Waals surface area contributed by atoms with Gasteiger partial charge in [0.1, 0.15) is 5.82 Å². The Balaban J connectivity index is 2.01. The molecule has 1 aliphatic rings. The number of carbonyl (C=O) groups is 2. The number of aryl methyl sites for hydroxylation is 1. The van der Waals surface area contributed by atoms with Gasteiger partial charge in [-0.05, 0) is 43.5 Å². The van der Waals surface area contributed by atoms with E-state index in [0.29, 0.717) is 37.1 Å². The summed E-state index contributed by atoms with van der Waals surface area (Å²) in [6.45, 7) is 2.77. The number of nitrogens with one attached hydrogen (secondary N) is 1. The van der Waals surface area contributed by atoms with E-state index in [4.69, 9.17) is 0 Å². The highest BCUT2D eigenvalue weighted by molar-refractivity contribution is 5.94. The molecule has 5 heteroatoms. The minimum atomic E-state index is -0.306. The summed E-state index contributed by atoms with van der Waals surface area (Å²) in [4.78, 5) is 25.6. The molecule has 20 heavy (non-hydrogen) atoms. The van der Waals surface area contributed by atoms with Crippen molar-refractivity contribution in [2.45, 2.75) is 19.8 Å². The fraction of sp³-hybridized carbons (Fsp3) is 0.467. The van der Waals surface area contributed by atoms with Gasteiger partial charge in [-0.2, -0.15) is 0 Å². The zero-order chi connectivity index (χ0) is 14.7. The van der Waals surface area contributed by atoms with Crippen molar-refractivity contribution in [1.29, 1.82) is 0 Å². The normalized spacial score (nSPS) is 16.1. The quantitative estimate of drug-likeness (QED) is 0.895. The van der Waals surface area contributed by atoms with Crippen LogP contribution in [0.4, 0.5) is 4.39 Å². The van der Waals surface area contributed by atoms with Crippen molar-refractivity contribution >= 4 is 11.8 Å². The molecule has 0 spiro atoms. The summed E-state index contributed by atoms with van der Waals surface area (Å²) in [5.74, 6) is -0.378. The number of hydrogen-bond acceptors (Lipinski definition) is 2. The summed E-state index contributed by atoms with van der Waals surface area (Å²) in [7, 11) is 1.63. The number of halogens is 1. The van der Waals surface area contributed by atoms with Crippen LogP contribution >= 0.6 is 0 Å². The summed E-state index contributed by atoms with van der Waals surface area (Å²) in [6, 6.07) is 4.40. The number of rotatable bonds is 2. The van der Waals surface area contributed by atoms with Gasteiger partial charge in [-0.3, -0.25) is 9.59 Å². The number of carbonyl (C=O) groups excluding carboxylic acids is 2. The maximum Gasteiger partial charge on any atom is 0.253 e. The second-order valence-electron chi connectivity index (χ2n) is 5.14. The van der Waals surface area contributed by atoms with Crippen molar-refractivity contribution in [2.24, 2.45) is 5.92 Å². The lowest BCUT2D eigenvalue weighted by Crippen LogP contribution is -2.42. The summed E-state index contributed by atoms with van der Waals surface area (Å²) < 4.78 is 13.2. The summed E-state index contributed by atoms with van der Waals surface area (Å²) >= 11 is 0. The Labute approximate surface area is 118 Å². The molecule has 0 aromatic heterocycles. The Morgan fingerprint density at radius 2 is 1.95 bits per heavy atom. The first-order valence-electron chi connectivity index (χ1n) is 6.80. The molecular formula is C15H19FN2O2. The van der Waals surface area contributed by atoms with Gasteiger partial charge in [0.25, 0.3) is 5.91 Å². The average molecular weight is 278 g/mol. The van der Waals surface area contributed by atoms with Crippen molar-refractivity contribution in [3.8, 4) is 0 Å². The molecule has 2 amide bonds. The molecule has 1 aromatic rings. The van der Waals surface area contributed by atoms with Crippen LogP contribution in [0.5, 0.6) is 0 Å². The zero-order valence-electron chi connectivity index (χ0n) is 11.8. The molecular weight excluding hydrogens is 259 g/mol. The van der Waals surface area contributed by atoms with Crippen LogP contribution in [-0.4, -0.2) is 36.9 Å². The molecule has 1 fully saturated rings. The van der Waals surface area contributed by atoms with E-state index in [0.717, 1.165) is 0 Å². The van der Waals surface area contributed by atoms with Crippen LogP contribution in [0.3, 0.4) is 0 Å². The van der Waals surface area contributed by atoms with Gasteiger partial charge in [0, 0.05) is 31.6 Å². The van der Waals surface area contributed by atoms with Gasteiger partial charge in [0.2, 0.25) is 5.91 Å². The van der Waals surface area contributed by atoms with Crippen molar-refractivity contribution < 1.29 is 14.0 Å². The highest BCUT2D eigenvalue weighted by Gasteiger charge is 2.27. The molecule has 1 heterocycles. The third-order valence-electron chi connectivity index (χ3n) is 3.80. The van der Waals surface area contributed by atoms with E-state index >= 15 is 0 Å². The first-order valence-corrected chi connectivity index (χ1v) is 6.80. The maximum atomic E-state index is 13.2. The standard InChI is InChI=1S/C15H19FN2O2/c1-10-9-12(3-4-13(10)16)15(20)18-7-5-11(6-8-18)14(19)17-2/h3-4,9,11H,5-8H2,1-2H3,(H,17,19). The largest absolute Gasteiger partial charge is 0.359 e. The monoisotopic (exact) mass is 278 g/mol. The minimum Gasteiger partial charge on any atom is -0.359 e. The Kier molecular flexibility index (Phi) is 4.37. The lowest BCUT2D eigenvalue weighted by atomic mass is 9.95. The molecule has 108 valence electrons. The van der Waals surface area contributed by atoms with Gasteiger partial charge in [-0.15, -0.1) is 0 Å². The van der Waals surface area contributed by atoms with Gasteiger partial charge in [0.15, 0.2) is 0 Å². The summed E-state index contributed by atoms with van der Waals surface area (Å²) in [6.07, 6.45) is 1.34. The predicted molar refractivity (Wildman–Crippen MR) is 73.8 cm³/mol. The number of piperidine rings is 1. The van der Waals surface area contributed by atoms with Crippen molar-refractivity contribution in [1.82, 2.24) is 10.2 Å². The van der Waals surface area contributed by atoms with E-state index in [1.807, 2.05) is 0 Å². The van der Waals surface area contributed by atoms with Crippen LogP contribution in [0.1, 0.15) is 28.8 Å². The van der Waals surface area contributed by atoms with Gasteiger partial charge in [-0.25, -0.2) is 4.39 Å². The Morgan fingerprint density at radius 3 is 2.50 bits per heavy atom. The predicted octanol–water partition coefficient (Wildman–Crippen LogP) is 1.73. The van der Waals surface area contributed by atoms with Crippen molar-refractivity contribution in [3.63, 3.8) is 0 Å². The van der Waals surface area contributed by atoms with Crippen LogP contribution in [0.25, 0.3) is 0 Å². The molecule has 1 N–H and O–H groups in total. The molecule has 0 saturated carbocycles. The highest BCUT2D eigenvalue weighted by atomic mass is 19.1. The molecule has 1 aromatic carbocycles. The summed E-state index contributed by atoms with van der Waals surface area (Å²) in [5.41, 5.74) is 0.971. The third-order valence-corrected chi connectivity index (χ3v) is 3.80. The van der Waals surface area contributed by atoms with Gasteiger partial charge in [-0.1, -0.05) is 0 Å². The number of amides is 2. The molecule has 2 rings (SSSR count). The molecule has 0 radical (unpaired) electrons. The number of benzene rings is 1. The number of likely N-dealkylation sites (tertiary alicyclic amines) is 1. The minimum absolute atomic E-state index is 0.0148. The lowest BCUT2D eigenvalue weighted by molar-refractivity contribution is -0.125. The second kappa shape index (κ2) is 6.03. The SMILES string of the molecule is CNC(=O)C1CCN(C(=O)c2ccc(F)c(C)c2)CC1. The molecule has 1 saturated heterocycles. The van der Waals surface area contributed by atoms with E-state index in [-0.39, 0.29) is 23.5 Å². The fourth-order valence-corrected chi connectivity index (χ4v) is 2.51. The molecule has 0 bridgehead atoms. The topological polar surface area (TPSA) is 49.4 Å². The molecule has 4 nitrogen and oxygen atoms in total. The van der Waals surface area contributed by atoms with Crippen LogP contribution in [-0.2, 0) is 4.79 Å². The van der Waals surface area contributed by atoms with Crippen LogP contribution in [0.15, 0.2) is 18.2 Å². The van der Waals surface area contributed by atoms with Gasteiger partial charge >= 0.3 is 0 Å². The second-order valence-corrected chi connectivity index (χ2v) is 5.14. The Bertz CT molecular complexity index is 523. The van der Waals surface area contributed by atoms with Gasteiger partial charge in [0.05, 0.1) is 0 Å².